The van der Waals surface area contributed by atoms with Crippen LogP contribution in [0.25, 0.3) is 33.4 Å². The highest BCUT2D eigenvalue weighted by molar-refractivity contribution is 5.91. The monoisotopic (exact) mass is 520 g/mol. The molecule has 2 heteroatoms. The van der Waals surface area contributed by atoms with E-state index in [4.69, 9.17) is 0 Å². The van der Waals surface area contributed by atoms with E-state index in [1.807, 2.05) is 12.1 Å². The van der Waals surface area contributed by atoms with Gasteiger partial charge >= 0.3 is 0 Å². The first-order chi connectivity index (χ1) is 19.0. The topological polar surface area (TPSA) is 0 Å². The van der Waals surface area contributed by atoms with Crippen LogP contribution in [0.1, 0.15) is 87.7 Å². The van der Waals surface area contributed by atoms with Gasteiger partial charge in [-0.1, -0.05) is 99.7 Å². The van der Waals surface area contributed by atoms with E-state index < -0.39 is 0 Å². The largest absolute Gasteiger partial charge is 0.207 e. The van der Waals surface area contributed by atoms with Gasteiger partial charge in [0.05, 0.1) is 0 Å². The molecule has 0 nitrogen and oxygen atoms in total. The van der Waals surface area contributed by atoms with E-state index in [1.54, 1.807) is 12.1 Å². The molecule has 2 fully saturated rings. The second-order valence-corrected chi connectivity index (χ2v) is 11.9. The van der Waals surface area contributed by atoms with Gasteiger partial charge in [0.2, 0.25) is 0 Å². The molecule has 0 aromatic heterocycles. The Labute approximate surface area is 232 Å². The van der Waals surface area contributed by atoms with E-state index in [2.05, 4.69) is 55.5 Å². The number of hydrogen-bond donors (Lipinski definition) is 0. The molecule has 39 heavy (non-hydrogen) atoms. The molecule has 0 unspecified atom stereocenters. The van der Waals surface area contributed by atoms with Crippen LogP contribution in [0, 0.1) is 17.6 Å². The lowest BCUT2D eigenvalue weighted by Gasteiger charge is -2.26. The molecule has 0 heterocycles. The fourth-order valence-electron chi connectivity index (χ4n) is 6.88. The van der Waals surface area contributed by atoms with Crippen molar-refractivity contribution in [2.75, 3.05) is 0 Å². The average molecular weight is 521 g/mol. The zero-order chi connectivity index (χ0) is 26.8. The quantitative estimate of drug-likeness (QED) is 0.245. The SMILES string of the molecule is CC1CCC(c2ccc(-c3ccc(F)cc3-c3cc(F)ccc3-c3ccc(C4CCCCC4)cc3)cc2)CC1. The molecule has 0 amide bonds. The number of hydrogen-bond acceptors (Lipinski definition) is 0. The molecule has 4 aromatic rings. The van der Waals surface area contributed by atoms with Crippen molar-refractivity contribution in [2.24, 2.45) is 5.92 Å². The molecule has 4 aromatic carbocycles. The van der Waals surface area contributed by atoms with Crippen molar-refractivity contribution in [3.8, 4) is 33.4 Å². The van der Waals surface area contributed by atoms with Crippen LogP contribution >= 0.6 is 0 Å². The van der Waals surface area contributed by atoms with Gasteiger partial charge in [-0.15, -0.1) is 0 Å². The highest BCUT2D eigenvalue weighted by Crippen LogP contribution is 2.41. The maximum absolute atomic E-state index is 14.7. The minimum absolute atomic E-state index is 0.315. The number of halogens is 2. The Kier molecular flexibility index (Phi) is 7.64. The van der Waals surface area contributed by atoms with E-state index in [1.165, 1.54) is 81.0 Å². The maximum Gasteiger partial charge on any atom is 0.123 e. The van der Waals surface area contributed by atoms with Crippen LogP contribution in [0.2, 0.25) is 0 Å². The summed E-state index contributed by atoms with van der Waals surface area (Å²) in [4.78, 5) is 0. The van der Waals surface area contributed by atoms with Crippen molar-refractivity contribution in [1.29, 1.82) is 0 Å². The Morgan fingerprint density at radius 1 is 0.462 bits per heavy atom. The summed E-state index contributed by atoms with van der Waals surface area (Å²) in [6.45, 7) is 2.35. The molecule has 0 bridgehead atoms. The lowest BCUT2D eigenvalue weighted by molar-refractivity contribution is 0.348. The molecule has 0 aliphatic heterocycles. The minimum Gasteiger partial charge on any atom is -0.207 e. The van der Waals surface area contributed by atoms with Crippen LogP contribution in [0.5, 0.6) is 0 Å². The van der Waals surface area contributed by atoms with Crippen molar-refractivity contribution in [3.63, 3.8) is 0 Å². The van der Waals surface area contributed by atoms with E-state index in [-0.39, 0.29) is 11.6 Å². The summed E-state index contributed by atoms with van der Waals surface area (Å²) in [7, 11) is 0. The lowest BCUT2D eigenvalue weighted by atomic mass is 9.79. The molecule has 0 N–H and O–H groups in total. The Bertz CT molecular complexity index is 1400. The van der Waals surface area contributed by atoms with Gasteiger partial charge < -0.3 is 0 Å². The molecule has 2 saturated carbocycles. The summed E-state index contributed by atoms with van der Waals surface area (Å²) in [5.41, 5.74) is 8.12. The zero-order valence-electron chi connectivity index (χ0n) is 22.9. The van der Waals surface area contributed by atoms with Gasteiger partial charge in [0, 0.05) is 0 Å². The smallest absolute Gasteiger partial charge is 0.123 e. The van der Waals surface area contributed by atoms with Gasteiger partial charge in [0.1, 0.15) is 11.6 Å². The summed E-state index contributed by atoms with van der Waals surface area (Å²) in [5.74, 6) is 1.45. The standard InChI is InChI=1S/C37H38F2/c1-25-7-9-27(10-8-25)29-13-17-31(18-14-29)35-22-20-33(39)24-37(35)36-23-32(38)19-21-34(36)30-15-11-28(12-16-30)26-5-3-2-4-6-26/h11-27H,2-10H2,1H3. The molecule has 0 radical (unpaired) electrons. The summed E-state index contributed by atoms with van der Waals surface area (Å²) in [6.07, 6.45) is 11.5. The molecule has 6 rings (SSSR count). The van der Waals surface area contributed by atoms with Gasteiger partial charge in [0.25, 0.3) is 0 Å². The Balaban J connectivity index is 1.36. The molecule has 0 saturated heterocycles. The second-order valence-electron chi connectivity index (χ2n) is 11.9. The van der Waals surface area contributed by atoms with Crippen LogP contribution in [0.4, 0.5) is 8.78 Å². The summed E-state index contributed by atoms with van der Waals surface area (Å²) < 4.78 is 29.4. The van der Waals surface area contributed by atoms with E-state index >= 15 is 0 Å². The Morgan fingerprint density at radius 2 is 0.897 bits per heavy atom. The fraction of sp³-hybridized carbons (Fsp3) is 0.351. The van der Waals surface area contributed by atoms with Crippen LogP contribution in [-0.2, 0) is 0 Å². The molecule has 2 aliphatic rings. The molecular weight excluding hydrogens is 482 g/mol. The van der Waals surface area contributed by atoms with Crippen LogP contribution < -0.4 is 0 Å². The molecule has 200 valence electrons. The summed E-state index contributed by atoms with van der Waals surface area (Å²) in [5, 5.41) is 0. The fourth-order valence-corrected chi connectivity index (χ4v) is 6.88. The minimum atomic E-state index is -0.315. The maximum atomic E-state index is 14.7. The third-order valence-electron chi connectivity index (χ3n) is 9.26. The highest BCUT2D eigenvalue weighted by Gasteiger charge is 2.21. The number of rotatable bonds is 5. The molecular formula is C37H38F2. The van der Waals surface area contributed by atoms with E-state index in [9.17, 15) is 8.78 Å². The summed E-state index contributed by atoms with van der Waals surface area (Å²) in [6, 6.07) is 27.3. The first-order valence-corrected chi connectivity index (χ1v) is 14.9. The number of benzene rings is 4. The summed E-state index contributed by atoms with van der Waals surface area (Å²) >= 11 is 0. The predicted molar refractivity (Wildman–Crippen MR) is 159 cm³/mol. The Hall–Kier alpha value is -3.26. The van der Waals surface area contributed by atoms with Crippen LogP contribution in [0.15, 0.2) is 84.9 Å². The third kappa shape index (κ3) is 5.71. The van der Waals surface area contributed by atoms with Gasteiger partial charge in [-0.25, -0.2) is 8.78 Å². The molecule has 0 spiro atoms. The van der Waals surface area contributed by atoms with Crippen molar-refractivity contribution >= 4 is 0 Å². The van der Waals surface area contributed by atoms with Crippen LogP contribution in [-0.4, -0.2) is 0 Å². The van der Waals surface area contributed by atoms with E-state index in [0.29, 0.717) is 11.8 Å². The van der Waals surface area contributed by atoms with Crippen LogP contribution in [0.3, 0.4) is 0 Å². The van der Waals surface area contributed by atoms with Crippen molar-refractivity contribution in [3.05, 3.63) is 108 Å². The van der Waals surface area contributed by atoms with Gasteiger partial charge in [0.15, 0.2) is 0 Å². The first-order valence-electron chi connectivity index (χ1n) is 14.9. The third-order valence-corrected chi connectivity index (χ3v) is 9.26. The first kappa shape index (κ1) is 26.0. The van der Waals surface area contributed by atoms with Gasteiger partial charge in [-0.05, 0) is 112 Å². The highest BCUT2D eigenvalue weighted by atomic mass is 19.1. The van der Waals surface area contributed by atoms with Crippen molar-refractivity contribution in [2.45, 2.75) is 76.5 Å². The second kappa shape index (κ2) is 11.5. The van der Waals surface area contributed by atoms with Gasteiger partial charge in [-0.2, -0.15) is 0 Å². The van der Waals surface area contributed by atoms with Gasteiger partial charge in [-0.3, -0.25) is 0 Å². The predicted octanol–water partition coefficient (Wildman–Crippen LogP) is 11.3. The zero-order valence-corrected chi connectivity index (χ0v) is 22.9. The normalized spacial score (nSPS) is 20.2. The molecule has 0 atom stereocenters. The van der Waals surface area contributed by atoms with Crippen molar-refractivity contribution in [1.82, 2.24) is 0 Å². The van der Waals surface area contributed by atoms with E-state index in [0.717, 1.165) is 39.3 Å². The van der Waals surface area contributed by atoms with Crippen molar-refractivity contribution < 1.29 is 8.78 Å². The lowest BCUT2D eigenvalue weighted by Crippen LogP contribution is -2.10. The molecule has 2 aliphatic carbocycles. The Morgan fingerprint density at radius 3 is 1.36 bits per heavy atom. The average Bonchev–Trinajstić information content (AvgIpc) is 2.98.